The van der Waals surface area contributed by atoms with Crippen LogP contribution >= 0.6 is 0 Å². The van der Waals surface area contributed by atoms with Crippen LogP contribution in [0.2, 0.25) is 0 Å². The van der Waals surface area contributed by atoms with Gasteiger partial charge in [-0.3, -0.25) is 4.79 Å². The predicted molar refractivity (Wildman–Crippen MR) is 68.4 cm³/mol. The highest BCUT2D eigenvalue weighted by atomic mass is 16.5. The van der Waals surface area contributed by atoms with Crippen molar-refractivity contribution in [3.8, 4) is 6.01 Å². The fraction of sp³-hybridized carbons (Fsp3) is 0.615. The van der Waals surface area contributed by atoms with Crippen LogP contribution in [0, 0.1) is 5.92 Å². The molecule has 0 spiro atoms. The second-order valence-corrected chi connectivity index (χ2v) is 4.51. The van der Waals surface area contributed by atoms with Crippen LogP contribution in [-0.4, -0.2) is 22.5 Å². The van der Waals surface area contributed by atoms with Gasteiger partial charge in [-0.15, -0.1) is 0 Å². The Hall–Kier alpha value is -1.65. The van der Waals surface area contributed by atoms with Gasteiger partial charge < -0.3 is 10.1 Å². The van der Waals surface area contributed by atoms with Gasteiger partial charge in [-0.05, 0) is 19.8 Å². The minimum Gasteiger partial charge on any atom is -0.464 e. The molecule has 0 aliphatic heterocycles. The Morgan fingerprint density at radius 1 is 1.33 bits per heavy atom. The quantitative estimate of drug-likeness (QED) is 0.889. The fourth-order valence-corrected chi connectivity index (χ4v) is 2.19. The third kappa shape index (κ3) is 3.42. The van der Waals surface area contributed by atoms with Gasteiger partial charge in [-0.2, -0.15) is 0 Å². The number of carbonyl (C=O) groups is 1. The van der Waals surface area contributed by atoms with E-state index < -0.39 is 0 Å². The summed E-state index contributed by atoms with van der Waals surface area (Å²) in [6, 6.07) is 0.341. The normalized spacial score (nSPS) is 16.3. The van der Waals surface area contributed by atoms with E-state index >= 15 is 0 Å². The Morgan fingerprint density at radius 2 is 2.00 bits per heavy atom. The Bertz CT molecular complexity index is 386. The number of anilines is 1. The van der Waals surface area contributed by atoms with E-state index in [2.05, 4.69) is 15.3 Å². The van der Waals surface area contributed by atoms with Crippen LogP contribution in [0.1, 0.15) is 39.0 Å². The number of rotatable bonds is 4. The summed E-state index contributed by atoms with van der Waals surface area (Å²) in [6.45, 7) is 2.41. The summed E-state index contributed by atoms with van der Waals surface area (Å²) in [4.78, 5) is 20.0. The van der Waals surface area contributed by atoms with E-state index in [1.54, 1.807) is 12.4 Å². The molecule has 0 radical (unpaired) electrons. The van der Waals surface area contributed by atoms with E-state index in [4.69, 9.17) is 4.74 Å². The molecule has 1 amide bonds. The maximum Gasteiger partial charge on any atom is 0.316 e. The largest absolute Gasteiger partial charge is 0.464 e. The molecule has 5 heteroatoms. The summed E-state index contributed by atoms with van der Waals surface area (Å²) in [7, 11) is 0. The van der Waals surface area contributed by atoms with Crippen molar-refractivity contribution in [3.63, 3.8) is 0 Å². The molecule has 1 aliphatic carbocycles. The minimum atomic E-state index is 0.0856. The first-order valence-electron chi connectivity index (χ1n) is 6.55. The average molecular weight is 249 g/mol. The Kier molecular flexibility index (Phi) is 4.50. The summed E-state index contributed by atoms with van der Waals surface area (Å²) in [5.74, 6) is 0.229. The van der Waals surface area contributed by atoms with Crippen LogP contribution in [0.5, 0.6) is 6.01 Å². The van der Waals surface area contributed by atoms with Crippen LogP contribution in [0.15, 0.2) is 12.4 Å². The zero-order chi connectivity index (χ0) is 12.8. The first kappa shape index (κ1) is 12.8. The summed E-state index contributed by atoms with van der Waals surface area (Å²) in [5, 5.41) is 2.86. The molecule has 1 aliphatic rings. The molecule has 0 atom stereocenters. The molecule has 98 valence electrons. The van der Waals surface area contributed by atoms with Gasteiger partial charge in [-0.25, -0.2) is 9.97 Å². The van der Waals surface area contributed by atoms with Gasteiger partial charge in [0.05, 0.1) is 24.7 Å². The summed E-state index contributed by atoms with van der Waals surface area (Å²) < 4.78 is 5.15. The van der Waals surface area contributed by atoms with Crippen molar-refractivity contribution in [2.24, 2.45) is 5.92 Å². The van der Waals surface area contributed by atoms with E-state index in [0.29, 0.717) is 18.3 Å². The molecule has 1 fully saturated rings. The second kappa shape index (κ2) is 6.33. The Morgan fingerprint density at radius 3 is 2.61 bits per heavy atom. The van der Waals surface area contributed by atoms with Crippen LogP contribution in [0.3, 0.4) is 0 Å². The third-order valence-electron chi connectivity index (χ3n) is 3.15. The number of hydrogen-bond acceptors (Lipinski definition) is 4. The first-order chi connectivity index (χ1) is 8.79. The van der Waals surface area contributed by atoms with E-state index in [0.717, 1.165) is 25.7 Å². The maximum atomic E-state index is 12.0. The number of nitrogens with zero attached hydrogens (tertiary/aromatic N) is 2. The molecule has 1 N–H and O–H groups in total. The van der Waals surface area contributed by atoms with Gasteiger partial charge in [-0.1, -0.05) is 19.3 Å². The smallest absolute Gasteiger partial charge is 0.316 e. The molecule has 0 unspecified atom stereocenters. The maximum absolute atomic E-state index is 12.0. The molecule has 2 rings (SSSR count). The minimum absolute atomic E-state index is 0.0856. The SMILES string of the molecule is CCOc1ncc(NC(=O)C2CCCCC2)cn1. The van der Waals surface area contributed by atoms with Crippen molar-refractivity contribution >= 4 is 11.6 Å². The lowest BCUT2D eigenvalue weighted by Gasteiger charge is -2.20. The number of aromatic nitrogens is 2. The highest BCUT2D eigenvalue weighted by molar-refractivity contribution is 5.92. The fourth-order valence-electron chi connectivity index (χ4n) is 2.19. The molecule has 1 aromatic heterocycles. The number of nitrogens with one attached hydrogen (secondary N) is 1. The summed E-state index contributed by atoms with van der Waals surface area (Å²) >= 11 is 0. The van der Waals surface area contributed by atoms with E-state index in [1.165, 1.54) is 6.42 Å². The molecule has 18 heavy (non-hydrogen) atoms. The van der Waals surface area contributed by atoms with Gasteiger partial charge >= 0.3 is 6.01 Å². The number of hydrogen-bond donors (Lipinski definition) is 1. The molecule has 1 saturated carbocycles. The highest BCUT2D eigenvalue weighted by Gasteiger charge is 2.21. The van der Waals surface area contributed by atoms with E-state index in [9.17, 15) is 4.79 Å². The monoisotopic (exact) mass is 249 g/mol. The summed E-state index contributed by atoms with van der Waals surface area (Å²) in [6.07, 6.45) is 8.69. The third-order valence-corrected chi connectivity index (χ3v) is 3.15. The standard InChI is InChI=1S/C13H19N3O2/c1-2-18-13-14-8-11(9-15-13)16-12(17)10-6-4-3-5-7-10/h8-10H,2-7H2,1H3,(H,16,17). The molecular formula is C13H19N3O2. The average Bonchev–Trinajstić information content (AvgIpc) is 2.42. The lowest BCUT2D eigenvalue weighted by molar-refractivity contribution is -0.120. The molecule has 1 heterocycles. The highest BCUT2D eigenvalue weighted by Crippen LogP contribution is 2.24. The second-order valence-electron chi connectivity index (χ2n) is 4.51. The van der Waals surface area contributed by atoms with Crippen molar-refractivity contribution in [2.75, 3.05) is 11.9 Å². The zero-order valence-corrected chi connectivity index (χ0v) is 10.7. The lowest BCUT2D eigenvalue weighted by atomic mass is 9.89. The molecular weight excluding hydrogens is 230 g/mol. The van der Waals surface area contributed by atoms with E-state index in [-0.39, 0.29) is 11.8 Å². The molecule has 0 bridgehead atoms. The summed E-state index contributed by atoms with van der Waals surface area (Å²) in [5.41, 5.74) is 0.633. The molecule has 0 aromatic carbocycles. The van der Waals surface area contributed by atoms with Gasteiger partial charge in [0.1, 0.15) is 0 Å². The Labute approximate surface area is 107 Å². The van der Waals surface area contributed by atoms with Crippen molar-refractivity contribution < 1.29 is 9.53 Å². The molecule has 1 aromatic rings. The predicted octanol–water partition coefficient (Wildman–Crippen LogP) is 2.39. The van der Waals surface area contributed by atoms with Gasteiger partial charge in [0.15, 0.2) is 0 Å². The number of ether oxygens (including phenoxy) is 1. The lowest BCUT2D eigenvalue weighted by Crippen LogP contribution is -2.24. The van der Waals surface area contributed by atoms with E-state index in [1.807, 2.05) is 6.92 Å². The van der Waals surface area contributed by atoms with Crippen molar-refractivity contribution in [2.45, 2.75) is 39.0 Å². The van der Waals surface area contributed by atoms with Crippen LogP contribution < -0.4 is 10.1 Å². The first-order valence-corrected chi connectivity index (χ1v) is 6.55. The zero-order valence-electron chi connectivity index (χ0n) is 10.7. The number of amides is 1. The van der Waals surface area contributed by atoms with Gasteiger partial charge in [0, 0.05) is 5.92 Å². The van der Waals surface area contributed by atoms with Gasteiger partial charge in [0.25, 0.3) is 0 Å². The molecule has 5 nitrogen and oxygen atoms in total. The topological polar surface area (TPSA) is 64.1 Å². The van der Waals surface area contributed by atoms with Crippen molar-refractivity contribution in [3.05, 3.63) is 12.4 Å². The van der Waals surface area contributed by atoms with Crippen LogP contribution in [0.4, 0.5) is 5.69 Å². The molecule has 0 saturated heterocycles. The van der Waals surface area contributed by atoms with Crippen molar-refractivity contribution in [1.29, 1.82) is 0 Å². The van der Waals surface area contributed by atoms with Crippen LogP contribution in [0.25, 0.3) is 0 Å². The van der Waals surface area contributed by atoms with Crippen LogP contribution in [-0.2, 0) is 4.79 Å². The van der Waals surface area contributed by atoms with Crippen molar-refractivity contribution in [1.82, 2.24) is 9.97 Å². The Balaban J connectivity index is 1.89. The number of carbonyl (C=O) groups excluding carboxylic acids is 1. The van der Waals surface area contributed by atoms with Gasteiger partial charge in [0.2, 0.25) is 5.91 Å².